The third-order valence-corrected chi connectivity index (χ3v) is 4.71. The molecule has 108 valence electrons. The fraction of sp³-hybridized carbons (Fsp3) is 0.571. The molecule has 0 aromatic carbocycles. The third kappa shape index (κ3) is 2.45. The molecule has 0 aliphatic heterocycles. The molecule has 0 radical (unpaired) electrons. The number of hydrogen-bond donors (Lipinski definition) is 2. The number of nitrogens with one attached hydrogen (secondary N) is 1. The van der Waals surface area contributed by atoms with Crippen LogP contribution in [0, 0.1) is 0 Å². The summed E-state index contributed by atoms with van der Waals surface area (Å²) in [6.07, 6.45) is 4.90. The van der Waals surface area contributed by atoms with Gasteiger partial charge in [-0.05, 0) is 24.3 Å². The Hall–Kier alpha value is -1.40. The van der Waals surface area contributed by atoms with Crippen LogP contribution in [0.25, 0.3) is 10.2 Å². The summed E-state index contributed by atoms with van der Waals surface area (Å²) in [7, 11) is 1.84. The predicted molar refractivity (Wildman–Crippen MR) is 83.6 cm³/mol. The number of fused-ring (bicyclic) bond motifs is 1. The lowest BCUT2D eigenvalue weighted by Gasteiger charge is -2.30. The van der Waals surface area contributed by atoms with Crippen molar-refractivity contribution in [3.05, 3.63) is 11.4 Å². The second-order valence-corrected chi connectivity index (χ2v) is 6.01. The van der Waals surface area contributed by atoms with Crippen LogP contribution in [-0.4, -0.2) is 41.3 Å². The van der Waals surface area contributed by atoms with Crippen molar-refractivity contribution in [2.24, 2.45) is 0 Å². The van der Waals surface area contributed by atoms with Gasteiger partial charge in [0.1, 0.15) is 10.6 Å². The van der Waals surface area contributed by atoms with Crippen LogP contribution in [0.2, 0.25) is 0 Å². The van der Waals surface area contributed by atoms with Crippen LogP contribution in [0.5, 0.6) is 0 Å². The molecule has 6 heteroatoms. The number of nitrogens with zero attached hydrogens (tertiary/aromatic N) is 3. The van der Waals surface area contributed by atoms with Crippen molar-refractivity contribution in [2.45, 2.75) is 31.7 Å². The Morgan fingerprint density at radius 1 is 1.40 bits per heavy atom. The van der Waals surface area contributed by atoms with E-state index in [1.165, 1.54) is 25.7 Å². The predicted octanol–water partition coefficient (Wildman–Crippen LogP) is 2.47. The van der Waals surface area contributed by atoms with E-state index < -0.39 is 0 Å². The average Bonchev–Trinajstić information content (AvgIpc) is 3.14. The lowest BCUT2D eigenvalue weighted by molar-refractivity contribution is 0.297. The molecule has 1 aliphatic rings. The van der Waals surface area contributed by atoms with Crippen LogP contribution in [0.3, 0.4) is 0 Å². The molecular weight excluding hydrogens is 272 g/mol. The molecule has 1 fully saturated rings. The molecule has 0 saturated heterocycles. The number of hydrogen-bond acceptors (Lipinski definition) is 6. The van der Waals surface area contributed by atoms with Crippen LogP contribution >= 0.6 is 11.3 Å². The molecule has 3 rings (SSSR count). The first-order valence-corrected chi connectivity index (χ1v) is 8.02. The number of thiophene rings is 1. The molecule has 2 heterocycles. The summed E-state index contributed by atoms with van der Waals surface area (Å²) >= 11 is 1.63. The number of aliphatic hydroxyl groups is 1. The van der Waals surface area contributed by atoms with E-state index in [1.54, 1.807) is 11.3 Å². The van der Waals surface area contributed by atoms with Crippen LogP contribution < -0.4 is 10.2 Å². The van der Waals surface area contributed by atoms with Gasteiger partial charge in [0.2, 0.25) is 5.95 Å². The van der Waals surface area contributed by atoms with Crippen molar-refractivity contribution in [2.75, 3.05) is 30.4 Å². The smallest absolute Gasteiger partial charge is 0.225 e. The number of aromatic nitrogens is 2. The highest BCUT2D eigenvalue weighted by molar-refractivity contribution is 7.16. The van der Waals surface area contributed by atoms with E-state index in [9.17, 15) is 5.11 Å². The summed E-state index contributed by atoms with van der Waals surface area (Å²) in [5, 5.41) is 15.6. The number of aliphatic hydroxyl groups excluding tert-OH is 1. The maximum atomic E-state index is 9.41. The second-order valence-electron chi connectivity index (χ2n) is 5.12. The quantitative estimate of drug-likeness (QED) is 0.886. The zero-order valence-corrected chi connectivity index (χ0v) is 12.5. The maximum Gasteiger partial charge on any atom is 0.225 e. The van der Waals surface area contributed by atoms with Gasteiger partial charge in [0.25, 0.3) is 0 Å². The monoisotopic (exact) mass is 292 g/mol. The minimum atomic E-state index is 0.154. The van der Waals surface area contributed by atoms with Crippen molar-refractivity contribution in [1.29, 1.82) is 0 Å². The minimum Gasteiger partial charge on any atom is -0.395 e. The Morgan fingerprint density at radius 2 is 2.20 bits per heavy atom. The summed E-state index contributed by atoms with van der Waals surface area (Å²) in [6, 6.07) is 2.57. The van der Waals surface area contributed by atoms with Gasteiger partial charge in [0, 0.05) is 19.6 Å². The first kappa shape index (κ1) is 13.6. The van der Waals surface area contributed by atoms with E-state index in [0.717, 1.165) is 16.0 Å². The molecule has 0 bridgehead atoms. The topological polar surface area (TPSA) is 61.3 Å². The minimum absolute atomic E-state index is 0.154. The molecular formula is C14H20N4OS. The molecule has 0 unspecified atom stereocenters. The maximum absolute atomic E-state index is 9.41. The standard InChI is InChI=1S/C14H20N4OS/c1-15-14-16-12(11-6-9-20-13(11)17-14)18(7-8-19)10-4-2-3-5-10/h6,9-10,19H,2-5,7-8H2,1H3,(H,15,16,17). The SMILES string of the molecule is CNc1nc(N(CCO)C2CCCC2)c2ccsc2n1. The van der Waals surface area contributed by atoms with E-state index in [4.69, 9.17) is 0 Å². The average molecular weight is 292 g/mol. The summed E-state index contributed by atoms with van der Waals surface area (Å²) < 4.78 is 0. The van der Waals surface area contributed by atoms with Crippen LogP contribution in [0.4, 0.5) is 11.8 Å². The van der Waals surface area contributed by atoms with Gasteiger partial charge in [-0.2, -0.15) is 4.98 Å². The van der Waals surface area contributed by atoms with E-state index in [0.29, 0.717) is 18.5 Å². The van der Waals surface area contributed by atoms with Crippen molar-refractivity contribution in [1.82, 2.24) is 9.97 Å². The first-order valence-electron chi connectivity index (χ1n) is 7.14. The third-order valence-electron chi connectivity index (χ3n) is 3.91. The van der Waals surface area contributed by atoms with Crippen LogP contribution in [0.1, 0.15) is 25.7 Å². The largest absolute Gasteiger partial charge is 0.395 e. The Balaban J connectivity index is 2.06. The van der Waals surface area contributed by atoms with Crippen LogP contribution in [0.15, 0.2) is 11.4 Å². The summed E-state index contributed by atoms with van der Waals surface area (Å²) in [4.78, 5) is 12.4. The zero-order chi connectivity index (χ0) is 13.9. The Morgan fingerprint density at radius 3 is 2.90 bits per heavy atom. The summed E-state index contributed by atoms with van der Waals surface area (Å²) in [5.74, 6) is 1.61. The van der Waals surface area contributed by atoms with Gasteiger partial charge in [-0.15, -0.1) is 11.3 Å². The fourth-order valence-corrected chi connectivity index (χ4v) is 3.71. The lowest BCUT2D eigenvalue weighted by atomic mass is 10.2. The van der Waals surface area contributed by atoms with Gasteiger partial charge in [-0.25, -0.2) is 4.98 Å². The second kappa shape index (κ2) is 5.93. The Labute approximate surface area is 122 Å². The lowest BCUT2D eigenvalue weighted by Crippen LogP contribution is -2.36. The molecule has 1 saturated carbocycles. The van der Waals surface area contributed by atoms with Gasteiger partial charge < -0.3 is 15.3 Å². The zero-order valence-electron chi connectivity index (χ0n) is 11.7. The Kier molecular flexibility index (Phi) is 4.03. The van der Waals surface area contributed by atoms with Gasteiger partial charge >= 0.3 is 0 Å². The molecule has 2 aromatic rings. The molecule has 0 atom stereocenters. The van der Waals surface area contributed by atoms with Gasteiger partial charge in [-0.1, -0.05) is 12.8 Å². The highest BCUT2D eigenvalue weighted by Gasteiger charge is 2.25. The van der Waals surface area contributed by atoms with E-state index in [2.05, 4.69) is 26.3 Å². The normalized spacial score (nSPS) is 15.9. The molecule has 1 aliphatic carbocycles. The van der Waals surface area contributed by atoms with Crippen LogP contribution in [-0.2, 0) is 0 Å². The van der Waals surface area contributed by atoms with Gasteiger partial charge in [0.15, 0.2) is 0 Å². The molecule has 5 nitrogen and oxygen atoms in total. The number of rotatable bonds is 5. The van der Waals surface area contributed by atoms with Crippen molar-refractivity contribution < 1.29 is 5.11 Å². The summed E-state index contributed by atoms with van der Waals surface area (Å²) in [5.41, 5.74) is 0. The van der Waals surface area contributed by atoms with E-state index in [1.807, 2.05) is 12.4 Å². The molecule has 20 heavy (non-hydrogen) atoms. The summed E-state index contributed by atoms with van der Waals surface area (Å²) in [6.45, 7) is 0.788. The molecule has 0 amide bonds. The number of anilines is 2. The van der Waals surface area contributed by atoms with Gasteiger partial charge in [-0.3, -0.25) is 0 Å². The van der Waals surface area contributed by atoms with Crippen molar-refractivity contribution >= 4 is 33.3 Å². The van der Waals surface area contributed by atoms with Crippen molar-refractivity contribution in [3.63, 3.8) is 0 Å². The first-order chi connectivity index (χ1) is 9.83. The Bertz CT molecular complexity index is 580. The highest BCUT2D eigenvalue weighted by atomic mass is 32.1. The highest BCUT2D eigenvalue weighted by Crippen LogP contribution is 2.33. The molecule has 2 N–H and O–H groups in total. The van der Waals surface area contributed by atoms with E-state index in [-0.39, 0.29) is 6.61 Å². The van der Waals surface area contributed by atoms with Crippen molar-refractivity contribution in [3.8, 4) is 0 Å². The fourth-order valence-electron chi connectivity index (χ4n) is 2.96. The molecule has 0 spiro atoms. The van der Waals surface area contributed by atoms with E-state index >= 15 is 0 Å². The molecule has 2 aromatic heterocycles. The van der Waals surface area contributed by atoms with Gasteiger partial charge in [0.05, 0.1) is 12.0 Å².